The number of likely N-dealkylation sites (N-methyl/N-ethyl adjacent to an activating group) is 1. The highest BCUT2D eigenvalue weighted by Crippen LogP contribution is 2.13. The maximum absolute atomic E-state index is 12.4. The van der Waals surface area contributed by atoms with Crippen molar-refractivity contribution in [3.8, 4) is 0 Å². The molecule has 0 aliphatic rings. The van der Waals surface area contributed by atoms with Crippen molar-refractivity contribution in [1.82, 2.24) is 0 Å². The fourth-order valence-corrected chi connectivity index (χ4v) is 2.81. The molecule has 0 fully saturated rings. The van der Waals surface area contributed by atoms with Crippen LogP contribution in [0.25, 0.3) is 0 Å². The van der Waals surface area contributed by atoms with Gasteiger partial charge in [-0.05, 0) is 38.1 Å². The van der Waals surface area contributed by atoms with E-state index in [9.17, 15) is 9.59 Å². The summed E-state index contributed by atoms with van der Waals surface area (Å²) in [6.07, 6.45) is 0. The Morgan fingerprint density at radius 1 is 0.960 bits per heavy atom. The fraction of sp³-hybridized carbons (Fsp3) is 0.300. The van der Waals surface area contributed by atoms with Crippen LogP contribution in [0.15, 0.2) is 54.6 Å². The zero-order chi connectivity index (χ0) is 18.2. The van der Waals surface area contributed by atoms with Crippen molar-refractivity contribution in [1.29, 1.82) is 0 Å². The minimum Gasteiger partial charge on any atom is -0.326 e. The molecule has 3 N–H and O–H groups in total. The zero-order valence-electron chi connectivity index (χ0n) is 15.0. The highest BCUT2D eigenvalue weighted by atomic mass is 16.2. The average molecular weight is 340 g/mol. The predicted octanol–water partition coefficient (Wildman–Crippen LogP) is 2.25. The number of carbonyl (C=O) groups is 2. The number of rotatable bonds is 7. The summed E-state index contributed by atoms with van der Waals surface area (Å²) in [7, 11) is 0. The first-order valence-electron chi connectivity index (χ1n) is 8.56. The standard InChI is InChI=1S/C20H25N3O2/c1-4-23(15(2)17-8-6-5-7-9-17)14-20(25)22-19-12-10-18(11-13-19)21-16(3)24/h5-13,15H,4,14H2,1-3H3,(H,21,24)(H,22,25)/p+1/t15-/m1/s1. The van der Waals surface area contributed by atoms with Crippen molar-refractivity contribution < 1.29 is 14.5 Å². The lowest BCUT2D eigenvalue weighted by Crippen LogP contribution is -3.12. The maximum atomic E-state index is 12.4. The van der Waals surface area contributed by atoms with E-state index in [1.807, 2.05) is 18.2 Å². The van der Waals surface area contributed by atoms with Crippen LogP contribution in [0, 0.1) is 0 Å². The number of hydrogen-bond donors (Lipinski definition) is 3. The van der Waals surface area contributed by atoms with Gasteiger partial charge in [0.15, 0.2) is 6.54 Å². The van der Waals surface area contributed by atoms with Crippen LogP contribution in [-0.4, -0.2) is 24.9 Å². The molecule has 0 aliphatic heterocycles. The summed E-state index contributed by atoms with van der Waals surface area (Å²) in [5.41, 5.74) is 2.66. The van der Waals surface area contributed by atoms with Crippen LogP contribution >= 0.6 is 0 Å². The fourth-order valence-electron chi connectivity index (χ4n) is 2.81. The number of benzene rings is 2. The molecule has 25 heavy (non-hydrogen) atoms. The van der Waals surface area contributed by atoms with Crippen LogP contribution in [0.5, 0.6) is 0 Å². The number of anilines is 2. The van der Waals surface area contributed by atoms with E-state index in [0.29, 0.717) is 12.2 Å². The van der Waals surface area contributed by atoms with Crippen LogP contribution in [0.3, 0.4) is 0 Å². The summed E-state index contributed by atoms with van der Waals surface area (Å²) in [6.45, 7) is 6.96. The van der Waals surface area contributed by atoms with Crippen molar-refractivity contribution in [2.45, 2.75) is 26.8 Å². The first-order valence-corrected chi connectivity index (χ1v) is 8.56. The Hall–Kier alpha value is -2.66. The lowest BCUT2D eigenvalue weighted by Gasteiger charge is -2.24. The normalized spacial score (nSPS) is 12.9. The van der Waals surface area contributed by atoms with Gasteiger partial charge in [-0.3, -0.25) is 9.59 Å². The molecule has 0 spiro atoms. The molecule has 2 rings (SSSR count). The van der Waals surface area contributed by atoms with Crippen LogP contribution in [-0.2, 0) is 9.59 Å². The summed E-state index contributed by atoms with van der Waals surface area (Å²) < 4.78 is 0. The molecule has 0 saturated carbocycles. The van der Waals surface area contributed by atoms with Gasteiger partial charge in [-0.1, -0.05) is 30.3 Å². The van der Waals surface area contributed by atoms with Gasteiger partial charge in [-0.25, -0.2) is 0 Å². The zero-order valence-corrected chi connectivity index (χ0v) is 15.0. The van der Waals surface area contributed by atoms with Gasteiger partial charge < -0.3 is 15.5 Å². The first-order chi connectivity index (χ1) is 12.0. The second-order valence-corrected chi connectivity index (χ2v) is 6.13. The number of quaternary nitrogens is 1. The van der Waals surface area contributed by atoms with Crippen LogP contribution in [0.4, 0.5) is 11.4 Å². The van der Waals surface area contributed by atoms with Gasteiger partial charge in [0, 0.05) is 23.9 Å². The molecule has 132 valence electrons. The summed E-state index contributed by atoms with van der Waals surface area (Å²) >= 11 is 0. The molecule has 0 saturated heterocycles. The largest absolute Gasteiger partial charge is 0.326 e. The van der Waals surface area contributed by atoms with Gasteiger partial charge in [-0.15, -0.1) is 0 Å². The van der Waals surface area contributed by atoms with Crippen LogP contribution in [0.1, 0.15) is 32.4 Å². The molecule has 5 heteroatoms. The molecule has 2 aromatic rings. The molecular formula is C20H26N3O2+. The number of carbonyl (C=O) groups excluding carboxylic acids is 2. The van der Waals surface area contributed by atoms with E-state index < -0.39 is 0 Å². The SMILES string of the molecule is CC[NH+](CC(=O)Nc1ccc(NC(C)=O)cc1)[C@H](C)c1ccccc1. The minimum absolute atomic E-state index is 0.0214. The van der Waals surface area contributed by atoms with Crippen LogP contribution < -0.4 is 15.5 Å². The third-order valence-electron chi connectivity index (χ3n) is 4.24. The number of amides is 2. The third-order valence-corrected chi connectivity index (χ3v) is 4.24. The monoisotopic (exact) mass is 340 g/mol. The Kier molecular flexibility index (Phi) is 6.71. The molecular weight excluding hydrogens is 314 g/mol. The van der Waals surface area contributed by atoms with Crippen molar-refractivity contribution in [3.63, 3.8) is 0 Å². The van der Waals surface area contributed by atoms with Crippen molar-refractivity contribution in [3.05, 3.63) is 60.2 Å². The van der Waals surface area contributed by atoms with Crippen molar-refractivity contribution in [2.24, 2.45) is 0 Å². The van der Waals surface area contributed by atoms with E-state index in [1.54, 1.807) is 24.3 Å². The van der Waals surface area contributed by atoms with Gasteiger partial charge in [0.2, 0.25) is 5.91 Å². The van der Waals surface area contributed by atoms with E-state index in [0.717, 1.165) is 12.2 Å². The van der Waals surface area contributed by atoms with Crippen molar-refractivity contribution in [2.75, 3.05) is 23.7 Å². The number of hydrogen-bond acceptors (Lipinski definition) is 2. The number of nitrogens with one attached hydrogen (secondary N) is 3. The lowest BCUT2D eigenvalue weighted by molar-refractivity contribution is -0.920. The van der Waals surface area contributed by atoms with Gasteiger partial charge in [-0.2, -0.15) is 0 Å². The molecule has 0 aromatic heterocycles. The Morgan fingerprint density at radius 3 is 2.04 bits per heavy atom. The highest BCUT2D eigenvalue weighted by molar-refractivity contribution is 5.92. The van der Waals surface area contributed by atoms with Crippen molar-refractivity contribution >= 4 is 23.2 Å². The molecule has 5 nitrogen and oxygen atoms in total. The summed E-state index contributed by atoms with van der Waals surface area (Å²) in [5.74, 6) is -0.138. The molecule has 0 radical (unpaired) electrons. The summed E-state index contributed by atoms with van der Waals surface area (Å²) in [5, 5.41) is 5.63. The highest BCUT2D eigenvalue weighted by Gasteiger charge is 2.20. The molecule has 2 amide bonds. The van der Waals surface area contributed by atoms with Gasteiger partial charge in [0.1, 0.15) is 6.04 Å². The topological polar surface area (TPSA) is 62.6 Å². The first kappa shape index (κ1) is 18.7. The smallest absolute Gasteiger partial charge is 0.279 e. The third kappa shape index (κ3) is 5.72. The Balaban J connectivity index is 1.94. The molecule has 1 unspecified atom stereocenters. The maximum Gasteiger partial charge on any atom is 0.279 e. The molecule has 0 aliphatic carbocycles. The van der Waals surface area contributed by atoms with E-state index in [4.69, 9.17) is 0 Å². The van der Waals surface area contributed by atoms with E-state index in [1.165, 1.54) is 17.4 Å². The lowest BCUT2D eigenvalue weighted by atomic mass is 10.1. The van der Waals surface area contributed by atoms with E-state index in [-0.39, 0.29) is 17.9 Å². The van der Waals surface area contributed by atoms with E-state index >= 15 is 0 Å². The second kappa shape index (κ2) is 8.99. The Labute approximate surface area is 149 Å². The second-order valence-electron chi connectivity index (χ2n) is 6.13. The summed E-state index contributed by atoms with van der Waals surface area (Å²) in [6, 6.07) is 17.6. The Bertz CT molecular complexity index is 699. The quantitative estimate of drug-likeness (QED) is 0.724. The van der Waals surface area contributed by atoms with E-state index in [2.05, 4.69) is 36.6 Å². The molecule has 0 heterocycles. The molecule has 0 bridgehead atoms. The summed E-state index contributed by atoms with van der Waals surface area (Å²) in [4.78, 5) is 24.6. The van der Waals surface area contributed by atoms with Gasteiger partial charge in [0.25, 0.3) is 5.91 Å². The average Bonchev–Trinajstić information content (AvgIpc) is 2.61. The van der Waals surface area contributed by atoms with Gasteiger partial charge in [0.05, 0.1) is 6.54 Å². The molecule has 2 aromatic carbocycles. The molecule has 2 atom stereocenters. The predicted molar refractivity (Wildman–Crippen MR) is 101 cm³/mol. The van der Waals surface area contributed by atoms with Crippen LogP contribution in [0.2, 0.25) is 0 Å². The minimum atomic E-state index is -0.117. The Morgan fingerprint density at radius 2 is 1.52 bits per heavy atom. The van der Waals surface area contributed by atoms with Gasteiger partial charge >= 0.3 is 0 Å².